The molecule has 0 atom stereocenters. The molecule has 5 heteroatoms. The fourth-order valence-corrected chi connectivity index (χ4v) is 2.43. The van der Waals surface area contributed by atoms with E-state index in [9.17, 15) is 9.59 Å². The maximum absolute atomic E-state index is 12.4. The highest BCUT2D eigenvalue weighted by atomic mass is 16.5. The average Bonchev–Trinajstić information content (AvgIpc) is 2.65. The zero-order valence-electron chi connectivity index (χ0n) is 13.8. The summed E-state index contributed by atoms with van der Waals surface area (Å²) < 4.78 is 15.5. The highest BCUT2D eigenvalue weighted by Crippen LogP contribution is 2.24. The van der Waals surface area contributed by atoms with Crippen molar-refractivity contribution < 1.29 is 18.7 Å². The maximum Gasteiger partial charge on any atom is 0.347 e. The van der Waals surface area contributed by atoms with Gasteiger partial charge in [-0.15, -0.1) is 0 Å². The summed E-state index contributed by atoms with van der Waals surface area (Å²) in [6.45, 7) is 0. The molecule has 2 aromatic carbocycles. The molecule has 0 radical (unpaired) electrons. The minimum absolute atomic E-state index is 0.0227. The van der Waals surface area contributed by atoms with E-state index in [1.54, 1.807) is 43.5 Å². The summed E-state index contributed by atoms with van der Waals surface area (Å²) >= 11 is 0. The molecule has 0 aliphatic rings. The summed E-state index contributed by atoms with van der Waals surface area (Å²) in [5.74, 6) is 0.754. The fourth-order valence-electron chi connectivity index (χ4n) is 2.43. The Kier molecular flexibility index (Phi) is 4.66. The number of ether oxygens (including phenoxy) is 2. The lowest BCUT2D eigenvalue weighted by molar-refractivity contribution is 0.104. The van der Waals surface area contributed by atoms with Crippen LogP contribution in [0.2, 0.25) is 0 Å². The molecule has 0 amide bonds. The predicted octanol–water partition coefficient (Wildman–Crippen LogP) is 3.71. The first kappa shape index (κ1) is 16.5. The lowest BCUT2D eigenvalue weighted by Crippen LogP contribution is -2.12. The molecule has 0 saturated carbocycles. The Morgan fingerprint density at radius 1 is 1.04 bits per heavy atom. The topological polar surface area (TPSA) is 65.7 Å². The monoisotopic (exact) mass is 336 g/mol. The van der Waals surface area contributed by atoms with Crippen LogP contribution in [0.5, 0.6) is 11.5 Å². The number of fused-ring (bicyclic) bond motifs is 1. The van der Waals surface area contributed by atoms with Crippen LogP contribution in [0, 0.1) is 0 Å². The summed E-state index contributed by atoms with van der Waals surface area (Å²) in [5, 5.41) is 0.625. The van der Waals surface area contributed by atoms with E-state index in [1.165, 1.54) is 19.3 Å². The molecule has 0 bridgehead atoms. The summed E-state index contributed by atoms with van der Waals surface area (Å²) in [6, 6.07) is 13.9. The van der Waals surface area contributed by atoms with Gasteiger partial charge in [0.1, 0.15) is 11.3 Å². The molecule has 0 fully saturated rings. The average molecular weight is 336 g/mol. The molecule has 25 heavy (non-hydrogen) atoms. The first-order valence-corrected chi connectivity index (χ1v) is 7.59. The van der Waals surface area contributed by atoms with E-state index in [-0.39, 0.29) is 5.56 Å². The molecule has 0 aliphatic heterocycles. The second kappa shape index (κ2) is 7.05. The van der Waals surface area contributed by atoms with Gasteiger partial charge in [0.25, 0.3) is 0 Å². The maximum atomic E-state index is 12.4. The number of methoxy groups -OCH3 is 2. The molecule has 1 aromatic heterocycles. The van der Waals surface area contributed by atoms with Gasteiger partial charge >= 0.3 is 5.63 Å². The smallest absolute Gasteiger partial charge is 0.347 e. The van der Waals surface area contributed by atoms with Gasteiger partial charge in [0, 0.05) is 5.39 Å². The van der Waals surface area contributed by atoms with Crippen molar-refractivity contribution in [3.8, 4) is 11.5 Å². The van der Waals surface area contributed by atoms with Crippen LogP contribution in [0.25, 0.3) is 17.0 Å². The Balaban J connectivity index is 1.92. The van der Waals surface area contributed by atoms with E-state index < -0.39 is 11.4 Å². The van der Waals surface area contributed by atoms with Crippen LogP contribution in [0.1, 0.15) is 15.9 Å². The molecule has 126 valence electrons. The fraction of sp³-hybridized carbons (Fsp3) is 0.100. The van der Waals surface area contributed by atoms with Gasteiger partial charge in [0.15, 0.2) is 17.1 Å². The molecule has 3 aromatic rings. The Bertz CT molecular complexity index is 997. The summed E-state index contributed by atoms with van der Waals surface area (Å²) in [6.07, 6.45) is 2.98. The van der Waals surface area contributed by atoms with Gasteiger partial charge in [-0.1, -0.05) is 30.3 Å². The predicted molar refractivity (Wildman–Crippen MR) is 95.4 cm³/mol. The van der Waals surface area contributed by atoms with E-state index in [2.05, 4.69) is 0 Å². The van der Waals surface area contributed by atoms with Crippen LogP contribution >= 0.6 is 0 Å². The van der Waals surface area contributed by atoms with Crippen LogP contribution in [-0.4, -0.2) is 20.0 Å². The normalized spacial score (nSPS) is 11.0. The summed E-state index contributed by atoms with van der Waals surface area (Å²) in [7, 11) is 3.08. The van der Waals surface area contributed by atoms with E-state index >= 15 is 0 Å². The van der Waals surface area contributed by atoms with Gasteiger partial charge in [-0.25, -0.2) is 4.79 Å². The highest BCUT2D eigenvalue weighted by Gasteiger charge is 2.13. The summed E-state index contributed by atoms with van der Waals surface area (Å²) in [4.78, 5) is 24.5. The van der Waals surface area contributed by atoms with Crippen molar-refractivity contribution in [2.45, 2.75) is 0 Å². The Morgan fingerprint density at radius 2 is 1.80 bits per heavy atom. The zero-order chi connectivity index (χ0) is 17.8. The van der Waals surface area contributed by atoms with Crippen LogP contribution in [0.15, 0.2) is 63.8 Å². The van der Waals surface area contributed by atoms with E-state index in [0.717, 1.165) is 11.3 Å². The molecule has 0 spiro atoms. The number of allylic oxidation sites excluding steroid dienone is 1. The van der Waals surface area contributed by atoms with E-state index in [4.69, 9.17) is 13.9 Å². The largest absolute Gasteiger partial charge is 0.497 e. The number of para-hydroxylation sites is 1. The number of benzene rings is 2. The number of hydrogen-bond donors (Lipinski definition) is 0. The second-order valence-electron chi connectivity index (χ2n) is 5.30. The van der Waals surface area contributed by atoms with Gasteiger partial charge in [-0.3, -0.25) is 4.79 Å². The van der Waals surface area contributed by atoms with Gasteiger partial charge in [0.2, 0.25) is 0 Å². The van der Waals surface area contributed by atoms with Crippen molar-refractivity contribution in [1.29, 1.82) is 0 Å². The Hall–Kier alpha value is -3.34. The molecule has 0 unspecified atom stereocenters. The van der Waals surface area contributed by atoms with Crippen LogP contribution in [0.3, 0.4) is 0 Å². The third-order valence-corrected chi connectivity index (χ3v) is 3.75. The van der Waals surface area contributed by atoms with Crippen molar-refractivity contribution in [1.82, 2.24) is 0 Å². The zero-order valence-corrected chi connectivity index (χ0v) is 13.8. The van der Waals surface area contributed by atoms with E-state index in [0.29, 0.717) is 16.7 Å². The molecular formula is C20H16O5. The third kappa shape index (κ3) is 3.45. The molecule has 0 N–H and O–H groups in total. The number of hydrogen-bond acceptors (Lipinski definition) is 5. The molecule has 5 nitrogen and oxygen atoms in total. The van der Waals surface area contributed by atoms with Crippen molar-refractivity contribution >= 4 is 22.8 Å². The third-order valence-electron chi connectivity index (χ3n) is 3.75. The second-order valence-corrected chi connectivity index (χ2v) is 5.30. The van der Waals surface area contributed by atoms with Crippen molar-refractivity contribution in [3.63, 3.8) is 0 Å². The van der Waals surface area contributed by atoms with Crippen molar-refractivity contribution in [3.05, 3.63) is 76.2 Å². The SMILES string of the molecule is COc1ccc(/C=C/C(=O)c2cc3cccc(OC)c3oc2=O)cc1. The molecule has 0 saturated heterocycles. The van der Waals surface area contributed by atoms with Crippen LogP contribution < -0.4 is 15.1 Å². The molecular weight excluding hydrogens is 320 g/mol. The molecule has 3 rings (SSSR count). The molecule has 0 aliphatic carbocycles. The number of ketones is 1. The molecule has 1 heterocycles. The summed E-state index contributed by atoms with van der Waals surface area (Å²) in [5.41, 5.74) is 0.429. The first-order valence-electron chi connectivity index (χ1n) is 7.59. The standard InChI is InChI=1S/C20H16O5/c1-23-15-9-6-13(7-10-15)8-11-17(21)16-12-14-4-3-5-18(24-2)19(14)25-20(16)22/h3-12H,1-2H3/b11-8+. The Labute approximate surface area is 144 Å². The number of carbonyl (C=O) groups excluding carboxylic acids is 1. The minimum Gasteiger partial charge on any atom is -0.497 e. The quantitative estimate of drug-likeness (QED) is 0.404. The van der Waals surface area contributed by atoms with Gasteiger partial charge in [0.05, 0.1) is 14.2 Å². The van der Waals surface area contributed by atoms with Gasteiger partial charge in [-0.2, -0.15) is 0 Å². The number of rotatable bonds is 5. The van der Waals surface area contributed by atoms with Gasteiger partial charge < -0.3 is 13.9 Å². The van der Waals surface area contributed by atoms with Crippen molar-refractivity contribution in [2.24, 2.45) is 0 Å². The first-order chi connectivity index (χ1) is 12.1. The minimum atomic E-state index is -0.693. The lowest BCUT2D eigenvalue weighted by Gasteiger charge is -2.04. The van der Waals surface area contributed by atoms with Crippen molar-refractivity contribution in [2.75, 3.05) is 14.2 Å². The lowest BCUT2D eigenvalue weighted by atomic mass is 10.1. The van der Waals surface area contributed by atoms with Crippen LogP contribution in [0.4, 0.5) is 0 Å². The highest BCUT2D eigenvalue weighted by molar-refractivity contribution is 6.08. The Morgan fingerprint density at radius 3 is 2.48 bits per heavy atom. The van der Waals surface area contributed by atoms with E-state index in [1.807, 2.05) is 12.1 Å². The van der Waals surface area contributed by atoms with Crippen LogP contribution in [-0.2, 0) is 0 Å². The van der Waals surface area contributed by atoms with Gasteiger partial charge in [-0.05, 0) is 35.9 Å². The number of carbonyl (C=O) groups is 1.